The number of hydrogen-bond acceptors (Lipinski definition) is 5. The molecule has 0 bridgehead atoms. The molecule has 25 heavy (non-hydrogen) atoms. The minimum Gasteiger partial charge on any atom is -0.462 e. The highest BCUT2D eigenvalue weighted by molar-refractivity contribution is 6.99. The number of aliphatic hydroxyl groups is 1. The Morgan fingerprint density at radius 2 is 1.68 bits per heavy atom. The van der Waals surface area contributed by atoms with E-state index in [0.717, 1.165) is 25.9 Å². The van der Waals surface area contributed by atoms with Gasteiger partial charge in [-0.15, -0.1) is 0 Å². The molecule has 1 aliphatic rings. The van der Waals surface area contributed by atoms with Crippen LogP contribution in [0.1, 0.15) is 61.3 Å². The summed E-state index contributed by atoms with van der Waals surface area (Å²) < 4.78 is 12.3. The second-order valence-electron chi connectivity index (χ2n) is 9.88. The molecule has 0 aromatic rings. The molecule has 1 rings (SSSR count). The molecule has 1 unspecified atom stereocenters. The largest absolute Gasteiger partial charge is 0.462 e. The Morgan fingerprint density at radius 1 is 1.16 bits per heavy atom. The maximum Gasteiger partial charge on any atom is 0.316 e. The molecule has 0 aromatic carbocycles. The van der Waals surface area contributed by atoms with Crippen molar-refractivity contribution < 1.29 is 19.1 Å². The van der Waals surface area contributed by atoms with E-state index in [1.165, 1.54) is 0 Å². The zero-order valence-electron chi connectivity index (χ0n) is 17.5. The van der Waals surface area contributed by atoms with Crippen LogP contribution in [0.5, 0.6) is 0 Å². The third-order valence-corrected chi connectivity index (χ3v) is 7.82. The van der Waals surface area contributed by atoms with Gasteiger partial charge in [0.2, 0.25) is 0 Å². The zero-order valence-corrected chi connectivity index (χ0v) is 18.5. The average molecular weight is 374 g/mol. The van der Waals surface area contributed by atoms with Gasteiger partial charge in [-0.2, -0.15) is 0 Å². The number of carbonyl (C=O) groups excluding carboxylic acids is 1. The van der Waals surface area contributed by atoms with E-state index in [0.29, 0.717) is 6.04 Å². The highest BCUT2D eigenvalue weighted by Crippen LogP contribution is 2.34. The van der Waals surface area contributed by atoms with E-state index < -0.39 is 13.9 Å². The van der Waals surface area contributed by atoms with Crippen LogP contribution >= 0.6 is 0 Å². The number of nitrogens with zero attached hydrogens (tertiary/aromatic N) is 1. The van der Waals surface area contributed by atoms with Crippen LogP contribution < -0.4 is 0 Å². The first-order valence-electron chi connectivity index (χ1n) is 9.54. The van der Waals surface area contributed by atoms with Crippen molar-refractivity contribution in [2.45, 2.75) is 85.7 Å². The molecule has 0 aliphatic carbocycles. The normalized spacial score (nSPS) is 21.6. The lowest BCUT2D eigenvalue weighted by atomic mass is 10.0. The fourth-order valence-corrected chi connectivity index (χ4v) is 7.25. The summed E-state index contributed by atoms with van der Waals surface area (Å²) >= 11 is 0. The van der Waals surface area contributed by atoms with Gasteiger partial charge in [0.15, 0.2) is 0 Å². The molecule has 1 fully saturated rings. The molecule has 1 heterocycles. The second-order valence-corrected chi connectivity index (χ2v) is 13.3. The van der Waals surface area contributed by atoms with Gasteiger partial charge < -0.3 is 14.3 Å². The summed E-state index contributed by atoms with van der Waals surface area (Å²) in [4.78, 5) is 15.3. The van der Waals surface area contributed by atoms with Gasteiger partial charge in [-0.05, 0) is 51.6 Å². The third-order valence-electron chi connectivity index (χ3n) is 4.35. The maximum atomic E-state index is 13.1. The van der Waals surface area contributed by atoms with Gasteiger partial charge in [-0.3, -0.25) is 9.69 Å². The molecule has 6 heteroatoms. The van der Waals surface area contributed by atoms with Gasteiger partial charge in [0.1, 0.15) is 11.8 Å². The molecular weight excluding hydrogens is 334 g/mol. The summed E-state index contributed by atoms with van der Waals surface area (Å²) in [7, 11) is -2.82. The number of hydrogen-bond donors (Lipinski definition) is 1. The molecule has 0 amide bonds. The van der Waals surface area contributed by atoms with Crippen molar-refractivity contribution in [1.82, 2.24) is 4.90 Å². The van der Waals surface area contributed by atoms with Crippen LogP contribution in [0.2, 0.25) is 12.6 Å². The number of ether oxygens (including phenoxy) is 1. The first-order chi connectivity index (χ1) is 11.3. The van der Waals surface area contributed by atoms with Crippen molar-refractivity contribution in [3.05, 3.63) is 0 Å². The number of aliphatic hydroxyl groups excluding tert-OH is 1. The van der Waals surface area contributed by atoms with Crippen LogP contribution in [0.4, 0.5) is 4.79 Å². The van der Waals surface area contributed by atoms with Crippen LogP contribution in [0.25, 0.3) is 0 Å². The highest BCUT2D eigenvalue weighted by atomic mass is 28.4. The van der Waals surface area contributed by atoms with E-state index in [1.807, 2.05) is 34.2 Å². The van der Waals surface area contributed by atoms with Gasteiger partial charge in [0.05, 0.1) is 0 Å². The van der Waals surface area contributed by atoms with Crippen molar-refractivity contribution in [2.24, 2.45) is 11.3 Å². The monoisotopic (exact) mass is 373 g/mol. The molecule has 0 saturated carbocycles. The molecule has 1 N–H and O–H groups in total. The topological polar surface area (TPSA) is 59.0 Å². The maximum absolute atomic E-state index is 13.1. The van der Waals surface area contributed by atoms with Crippen LogP contribution in [-0.4, -0.2) is 55.4 Å². The fourth-order valence-electron chi connectivity index (χ4n) is 3.46. The minimum absolute atomic E-state index is 0.0319. The predicted octanol–water partition coefficient (Wildman–Crippen LogP) is 4.19. The molecule has 1 saturated heterocycles. The number of likely N-dealkylation sites (tertiary alicyclic amines) is 1. The van der Waals surface area contributed by atoms with E-state index >= 15 is 0 Å². The molecule has 1 aliphatic heterocycles. The Kier molecular flexibility index (Phi) is 7.69. The van der Waals surface area contributed by atoms with E-state index in [1.54, 1.807) is 0 Å². The highest BCUT2D eigenvalue weighted by Gasteiger charge is 2.48. The fraction of sp³-hybridized carbons (Fsp3) is 0.947. The van der Waals surface area contributed by atoms with Crippen LogP contribution in [0.15, 0.2) is 0 Å². The molecular formula is C19H39NO4Si. The third kappa shape index (κ3) is 7.37. The van der Waals surface area contributed by atoms with Gasteiger partial charge in [-0.25, -0.2) is 0 Å². The quantitative estimate of drug-likeness (QED) is 0.678. The van der Waals surface area contributed by atoms with Gasteiger partial charge in [-0.1, -0.05) is 27.7 Å². The summed E-state index contributed by atoms with van der Waals surface area (Å²) in [5.74, 6) is -0.0349. The van der Waals surface area contributed by atoms with E-state index in [9.17, 15) is 9.90 Å². The van der Waals surface area contributed by atoms with E-state index in [-0.39, 0.29) is 29.8 Å². The van der Waals surface area contributed by atoms with Crippen molar-refractivity contribution in [2.75, 3.05) is 19.7 Å². The Morgan fingerprint density at radius 3 is 2.08 bits per heavy atom. The second kappa shape index (κ2) is 8.50. The lowest BCUT2D eigenvalue weighted by molar-refractivity contribution is -0.0281. The summed E-state index contributed by atoms with van der Waals surface area (Å²) in [5, 5.41) is 9.71. The minimum atomic E-state index is -2.82. The van der Waals surface area contributed by atoms with Gasteiger partial charge in [0.25, 0.3) is 0 Å². The van der Waals surface area contributed by atoms with Crippen molar-refractivity contribution >= 4 is 13.9 Å². The Balaban J connectivity index is 3.09. The van der Waals surface area contributed by atoms with E-state index in [2.05, 4.69) is 25.7 Å². The smallest absolute Gasteiger partial charge is 0.316 e. The lowest BCUT2D eigenvalue weighted by Gasteiger charge is -2.40. The molecule has 0 aromatic heterocycles. The van der Waals surface area contributed by atoms with Crippen molar-refractivity contribution in [3.8, 4) is 0 Å². The van der Waals surface area contributed by atoms with E-state index in [4.69, 9.17) is 9.16 Å². The standard InChI is InChI=1S/C19H39NO4Si/c1-15(13-21)16(20-11-9-10-12-20)24-25(8,14-18(2,3)4)17(22)23-19(5,6)7/h15-16,21H,9-14H2,1-8H3/t15-,16-,25?/m1/s1. The van der Waals surface area contributed by atoms with Gasteiger partial charge >= 0.3 is 13.9 Å². The van der Waals surface area contributed by atoms with Crippen LogP contribution in [0.3, 0.4) is 0 Å². The first kappa shape index (κ1) is 22.6. The Labute approximate surface area is 155 Å². The molecule has 0 spiro atoms. The van der Waals surface area contributed by atoms with Crippen LogP contribution in [-0.2, 0) is 9.16 Å². The SMILES string of the molecule is C[C@H](CO)[C@@H](O[Si](C)(CC(C)(C)C)C(=O)OC(C)(C)C)N1CCCC1. The Hall–Kier alpha value is -0.433. The zero-order chi connectivity index (χ0) is 19.5. The molecule has 5 nitrogen and oxygen atoms in total. The first-order valence-corrected chi connectivity index (χ1v) is 12.2. The predicted molar refractivity (Wildman–Crippen MR) is 104 cm³/mol. The number of carbonyl (C=O) groups is 1. The van der Waals surface area contributed by atoms with Crippen molar-refractivity contribution in [1.29, 1.82) is 0 Å². The summed E-state index contributed by atoms with van der Waals surface area (Å²) in [5.41, 5.74) is -0.752. The van der Waals surface area contributed by atoms with Crippen molar-refractivity contribution in [3.63, 3.8) is 0 Å². The lowest BCUT2D eigenvalue weighted by Crippen LogP contribution is -2.56. The summed E-state index contributed by atoms with van der Waals surface area (Å²) in [6.45, 7) is 18.0. The van der Waals surface area contributed by atoms with Gasteiger partial charge in [0, 0.05) is 25.6 Å². The molecule has 3 atom stereocenters. The number of rotatable bonds is 7. The molecule has 0 radical (unpaired) electrons. The van der Waals surface area contributed by atoms with Crippen LogP contribution in [0, 0.1) is 11.3 Å². The Bertz CT molecular complexity index is 438. The summed E-state index contributed by atoms with van der Waals surface area (Å²) in [6.07, 6.45) is 2.06. The average Bonchev–Trinajstić information content (AvgIpc) is 2.94. The summed E-state index contributed by atoms with van der Waals surface area (Å²) in [6, 6.07) is 0.692. The molecule has 148 valence electrons.